The number of hydrogen-bond donors (Lipinski definition) is 2. The summed E-state index contributed by atoms with van der Waals surface area (Å²) in [6, 6.07) is 7.34. The van der Waals surface area contributed by atoms with E-state index in [4.69, 9.17) is 16.9 Å². The number of nitrogens with zero attached hydrogens (tertiary/aromatic N) is 1. The van der Waals surface area contributed by atoms with Gasteiger partial charge in [0.05, 0.1) is 11.3 Å². The number of nitrogens with one attached hydrogen (secondary N) is 2. The topological polar surface area (TPSA) is 47.8 Å². The quantitative estimate of drug-likeness (QED) is 0.744. The Labute approximate surface area is 88.7 Å². The smallest absolute Gasteiger partial charge is 0.101 e. The number of nitriles is 1. The lowest BCUT2D eigenvalue weighted by Gasteiger charge is -2.07. The highest BCUT2D eigenvalue weighted by Gasteiger charge is 2.01. The van der Waals surface area contributed by atoms with Crippen LogP contribution in [0.5, 0.6) is 0 Å². The molecule has 74 valence electrons. The molecule has 0 saturated carbocycles. The maximum absolute atomic E-state index is 8.84. The molecule has 0 saturated heterocycles. The van der Waals surface area contributed by atoms with E-state index in [2.05, 4.69) is 16.7 Å². The number of benzene rings is 1. The van der Waals surface area contributed by atoms with Crippen molar-refractivity contribution in [3.63, 3.8) is 0 Å². The van der Waals surface area contributed by atoms with E-state index in [1.165, 1.54) is 0 Å². The van der Waals surface area contributed by atoms with Gasteiger partial charge >= 0.3 is 0 Å². The first kappa shape index (κ1) is 10.8. The number of likely N-dealkylation sites (N-methyl/N-ethyl adjacent to an activating group) is 1. The first-order valence-corrected chi connectivity index (χ1v) is 4.74. The highest BCUT2D eigenvalue weighted by atomic mass is 35.5. The lowest BCUT2D eigenvalue weighted by molar-refractivity contribution is 0.823. The summed E-state index contributed by atoms with van der Waals surface area (Å²) >= 11 is 5.77. The van der Waals surface area contributed by atoms with Gasteiger partial charge in [0.2, 0.25) is 0 Å². The van der Waals surface area contributed by atoms with Gasteiger partial charge in [0.15, 0.2) is 0 Å². The molecule has 3 nitrogen and oxygen atoms in total. The summed E-state index contributed by atoms with van der Waals surface area (Å²) in [5.41, 5.74) is 1.40. The standard InChI is InChI=1S/C10H12ClN3/c1-13-4-5-14-10-3-2-9(11)6-8(10)7-12/h2-3,6,13-14H,4-5H2,1H3. The predicted octanol–water partition coefficient (Wildman–Crippen LogP) is 1.84. The summed E-state index contributed by atoms with van der Waals surface area (Å²) in [6.45, 7) is 1.64. The molecule has 0 atom stereocenters. The van der Waals surface area contributed by atoms with Crippen molar-refractivity contribution < 1.29 is 0 Å². The minimum atomic E-state index is 0.577. The van der Waals surface area contributed by atoms with E-state index in [1.54, 1.807) is 12.1 Å². The minimum Gasteiger partial charge on any atom is -0.383 e. The van der Waals surface area contributed by atoms with Gasteiger partial charge in [-0.05, 0) is 25.2 Å². The molecule has 0 bridgehead atoms. The monoisotopic (exact) mass is 209 g/mol. The van der Waals surface area contributed by atoms with Gasteiger partial charge in [-0.2, -0.15) is 5.26 Å². The summed E-state index contributed by atoms with van der Waals surface area (Å²) in [7, 11) is 1.88. The van der Waals surface area contributed by atoms with E-state index < -0.39 is 0 Å². The molecule has 2 N–H and O–H groups in total. The van der Waals surface area contributed by atoms with Crippen molar-refractivity contribution in [2.45, 2.75) is 0 Å². The maximum Gasteiger partial charge on any atom is 0.101 e. The molecule has 0 aliphatic heterocycles. The van der Waals surface area contributed by atoms with Gasteiger partial charge in [0.25, 0.3) is 0 Å². The Kier molecular flexibility index (Phi) is 4.24. The first-order valence-electron chi connectivity index (χ1n) is 4.36. The van der Waals surface area contributed by atoms with Crippen LogP contribution in [0.2, 0.25) is 5.02 Å². The van der Waals surface area contributed by atoms with Crippen molar-refractivity contribution in [2.24, 2.45) is 0 Å². The van der Waals surface area contributed by atoms with E-state index in [0.717, 1.165) is 18.8 Å². The maximum atomic E-state index is 8.84. The van der Waals surface area contributed by atoms with E-state index in [-0.39, 0.29) is 0 Å². The second kappa shape index (κ2) is 5.48. The Morgan fingerprint density at radius 2 is 2.21 bits per heavy atom. The first-order chi connectivity index (χ1) is 6.77. The summed E-state index contributed by atoms with van der Waals surface area (Å²) < 4.78 is 0. The normalized spacial score (nSPS) is 9.50. The zero-order valence-corrected chi connectivity index (χ0v) is 8.73. The largest absolute Gasteiger partial charge is 0.383 e. The average molecular weight is 210 g/mol. The van der Waals surface area contributed by atoms with Crippen LogP contribution < -0.4 is 10.6 Å². The Balaban J connectivity index is 2.72. The van der Waals surface area contributed by atoms with Crippen molar-refractivity contribution in [1.82, 2.24) is 5.32 Å². The molecule has 1 aromatic rings. The summed E-state index contributed by atoms with van der Waals surface area (Å²) in [5.74, 6) is 0. The lowest BCUT2D eigenvalue weighted by Crippen LogP contribution is -2.18. The van der Waals surface area contributed by atoms with Crippen LogP contribution in [0.15, 0.2) is 18.2 Å². The molecule has 0 fully saturated rings. The average Bonchev–Trinajstić information content (AvgIpc) is 2.20. The molecule has 0 spiro atoms. The summed E-state index contributed by atoms with van der Waals surface area (Å²) in [5, 5.41) is 15.6. The van der Waals surface area contributed by atoms with E-state index >= 15 is 0 Å². The zero-order valence-electron chi connectivity index (χ0n) is 7.97. The second-order valence-electron chi connectivity index (χ2n) is 2.83. The predicted molar refractivity (Wildman–Crippen MR) is 58.6 cm³/mol. The fourth-order valence-electron chi connectivity index (χ4n) is 1.09. The van der Waals surface area contributed by atoms with Gasteiger partial charge in [0.1, 0.15) is 6.07 Å². The molecule has 1 aromatic carbocycles. The van der Waals surface area contributed by atoms with Gasteiger partial charge in [0, 0.05) is 18.1 Å². The van der Waals surface area contributed by atoms with Crippen molar-refractivity contribution >= 4 is 17.3 Å². The Morgan fingerprint density at radius 3 is 2.86 bits per heavy atom. The molecule has 0 aliphatic rings. The molecule has 0 aromatic heterocycles. The molecule has 1 rings (SSSR count). The van der Waals surface area contributed by atoms with Crippen LogP contribution in [0.25, 0.3) is 0 Å². The van der Waals surface area contributed by atoms with Gasteiger partial charge in [-0.1, -0.05) is 11.6 Å². The molecule has 0 aliphatic carbocycles. The van der Waals surface area contributed by atoms with Gasteiger partial charge in [-0.15, -0.1) is 0 Å². The zero-order chi connectivity index (χ0) is 10.4. The van der Waals surface area contributed by atoms with Gasteiger partial charge in [-0.25, -0.2) is 0 Å². The highest BCUT2D eigenvalue weighted by molar-refractivity contribution is 6.30. The third-order valence-electron chi connectivity index (χ3n) is 1.79. The van der Waals surface area contributed by atoms with E-state index in [0.29, 0.717) is 10.6 Å². The molecular formula is C10H12ClN3. The van der Waals surface area contributed by atoms with Gasteiger partial charge in [-0.3, -0.25) is 0 Å². The number of hydrogen-bond acceptors (Lipinski definition) is 3. The summed E-state index contributed by atoms with van der Waals surface area (Å²) in [6.07, 6.45) is 0. The minimum absolute atomic E-state index is 0.577. The van der Waals surface area contributed by atoms with Gasteiger partial charge < -0.3 is 10.6 Å². The van der Waals surface area contributed by atoms with E-state index in [9.17, 15) is 0 Å². The fourth-order valence-corrected chi connectivity index (χ4v) is 1.26. The van der Waals surface area contributed by atoms with Crippen molar-refractivity contribution in [1.29, 1.82) is 5.26 Å². The van der Waals surface area contributed by atoms with Crippen LogP contribution in [-0.4, -0.2) is 20.1 Å². The molecule has 0 radical (unpaired) electrons. The molecule has 4 heteroatoms. The van der Waals surface area contributed by atoms with Crippen LogP contribution >= 0.6 is 11.6 Å². The number of rotatable bonds is 4. The van der Waals surface area contributed by atoms with Crippen molar-refractivity contribution in [2.75, 3.05) is 25.5 Å². The lowest BCUT2D eigenvalue weighted by atomic mass is 10.2. The van der Waals surface area contributed by atoms with Crippen LogP contribution in [0.4, 0.5) is 5.69 Å². The fraction of sp³-hybridized carbons (Fsp3) is 0.300. The molecule has 0 heterocycles. The summed E-state index contributed by atoms with van der Waals surface area (Å²) in [4.78, 5) is 0. The Hall–Kier alpha value is -1.24. The number of halogens is 1. The molecule has 14 heavy (non-hydrogen) atoms. The SMILES string of the molecule is CNCCNc1ccc(Cl)cc1C#N. The third kappa shape index (κ3) is 2.91. The highest BCUT2D eigenvalue weighted by Crippen LogP contribution is 2.19. The molecule has 0 unspecified atom stereocenters. The van der Waals surface area contributed by atoms with E-state index in [1.807, 2.05) is 13.1 Å². The van der Waals surface area contributed by atoms with Crippen molar-refractivity contribution in [3.8, 4) is 6.07 Å². The van der Waals surface area contributed by atoms with Crippen molar-refractivity contribution in [3.05, 3.63) is 28.8 Å². The third-order valence-corrected chi connectivity index (χ3v) is 2.03. The number of anilines is 1. The molecule has 0 amide bonds. The Morgan fingerprint density at radius 1 is 1.43 bits per heavy atom. The Bertz CT molecular complexity index is 344. The van der Waals surface area contributed by atoms with Crippen LogP contribution in [0, 0.1) is 11.3 Å². The molecular weight excluding hydrogens is 198 g/mol. The van der Waals surface area contributed by atoms with Crippen LogP contribution in [0.1, 0.15) is 5.56 Å². The van der Waals surface area contributed by atoms with Crippen LogP contribution in [0.3, 0.4) is 0 Å². The second-order valence-corrected chi connectivity index (χ2v) is 3.27. The van der Waals surface area contributed by atoms with Crippen LogP contribution in [-0.2, 0) is 0 Å².